The number of aromatic nitrogens is 4. The van der Waals surface area contributed by atoms with E-state index in [4.69, 9.17) is 0 Å². The molecule has 8 nitrogen and oxygen atoms in total. The molecule has 0 bridgehead atoms. The van der Waals surface area contributed by atoms with Gasteiger partial charge in [-0.2, -0.15) is 18.3 Å². The number of aliphatic imine (C=N–C) groups is 1. The van der Waals surface area contributed by atoms with Gasteiger partial charge in [0.15, 0.2) is 11.7 Å². The lowest BCUT2D eigenvalue weighted by Gasteiger charge is -2.10. The molecule has 2 aromatic rings. The van der Waals surface area contributed by atoms with Gasteiger partial charge in [-0.3, -0.25) is 9.56 Å². The first-order chi connectivity index (χ1) is 14.4. The van der Waals surface area contributed by atoms with Gasteiger partial charge in [0, 0.05) is 50.9 Å². The van der Waals surface area contributed by atoms with E-state index in [1.54, 1.807) is 4.57 Å². The zero-order valence-electron chi connectivity index (χ0n) is 17.2. The van der Waals surface area contributed by atoms with E-state index in [2.05, 4.69) is 25.7 Å². The van der Waals surface area contributed by atoms with Crippen LogP contribution in [0.2, 0.25) is 0 Å². The Morgan fingerprint density at radius 1 is 1.32 bits per heavy atom. The van der Waals surface area contributed by atoms with E-state index < -0.39 is 11.9 Å². The molecule has 0 saturated carbocycles. The van der Waals surface area contributed by atoms with Crippen LogP contribution in [-0.4, -0.2) is 44.9 Å². The van der Waals surface area contributed by atoms with Crippen LogP contribution in [0.3, 0.4) is 0 Å². The van der Waals surface area contributed by atoms with Gasteiger partial charge in [0.25, 0.3) is 0 Å². The number of nitrogens with zero attached hydrogens (tertiary/aromatic N) is 5. The molecule has 0 aliphatic carbocycles. The van der Waals surface area contributed by atoms with Crippen molar-refractivity contribution < 1.29 is 13.2 Å². The molecule has 0 unspecified atom stereocenters. The van der Waals surface area contributed by atoms with Gasteiger partial charge in [0.05, 0.1) is 5.01 Å². The Morgan fingerprint density at radius 3 is 2.81 bits per heavy atom. The van der Waals surface area contributed by atoms with Crippen molar-refractivity contribution in [3.8, 4) is 0 Å². The molecule has 0 atom stereocenters. The van der Waals surface area contributed by atoms with E-state index in [9.17, 15) is 18.0 Å². The molecule has 174 valence electrons. The molecule has 0 aromatic carbocycles. The molecule has 1 aliphatic heterocycles. The predicted molar refractivity (Wildman–Crippen MR) is 124 cm³/mol. The minimum atomic E-state index is -4.41. The Kier molecular flexibility index (Phi) is 9.78. The summed E-state index contributed by atoms with van der Waals surface area (Å²) in [6.45, 7) is 4.76. The molecular weight excluding hydrogens is 546 g/mol. The number of hydrogen-bond acceptors (Lipinski definition) is 5. The van der Waals surface area contributed by atoms with Crippen LogP contribution in [0.5, 0.6) is 0 Å². The maximum atomic E-state index is 12.6. The summed E-state index contributed by atoms with van der Waals surface area (Å²) in [5.74, 6) is 1.45. The van der Waals surface area contributed by atoms with E-state index in [0.29, 0.717) is 50.0 Å². The summed E-state index contributed by atoms with van der Waals surface area (Å²) < 4.78 is 41.1. The van der Waals surface area contributed by atoms with Crippen LogP contribution in [0.1, 0.15) is 42.7 Å². The molecule has 3 rings (SSSR count). The molecule has 0 spiro atoms. The molecule has 0 radical (unpaired) electrons. The third kappa shape index (κ3) is 7.19. The largest absolute Gasteiger partial charge is 0.434 e. The zero-order chi connectivity index (χ0) is 21.6. The number of rotatable bonds is 8. The quantitative estimate of drug-likeness (QED) is 0.220. The average Bonchev–Trinajstić information content (AvgIpc) is 3.30. The molecule has 0 saturated heterocycles. The van der Waals surface area contributed by atoms with E-state index in [0.717, 1.165) is 48.3 Å². The number of alkyl halides is 3. The van der Waals surface area contributed by atoms with Crippen LogP contribution in [0.25, 0.3) is 0 Å². The number of aryl methyl sites for hydroxylation is 2. The first-order valence-corrected chi connectivity index (χ1v) is 11.0. The molecule has 1 aliphatic rings. The number of nitrogens with one attached hydrogen (secondary N) is 2. The molecule has 2 N–H and O–H groups in total. The molecule has 2 aromatic heterocycles. The summed E-state index contributed by atoms with van der Waals surface area (Å²) >= 11 is 1.00. The van der Waals surface area contributed by atoms with Gasteiger partial charge in [0.1, 0.15) is 5.82 Å². The smallest absolute Gasteiger partial charge is 0.357 e. The number of guanidine groups is 1. The van der Waals surface area contributed by atoms with Gasteiger partial charge >= 0.3 is 11.9 Å². The first kappa shape index (κ1) is 25.6. The van der Waals surface area contributed by atoms with Gasteiger partial charge < -0.3 is 10.6 Å². The highest BCUT2D eigenvalue weighted by atomic mass is 127. The lowest BCUT2D eigenvalue weighted by Crippen LogP contribution is -2.38. The summed E-state index contributed by atoms with van der Waals surface area (Å²) in [4.78, 5) is 20.4. The summed E-state index contributed by atoms with van der Waals surface area (Å²) in [6, 6.07) is 0. The van der Waals surface area contributed by atoms with E-state index in [1.807, 2.05) is 6.92 Å². The maximum absolute atomic E-state index is 12.6. The highest BCUT2D eigenvalue weighted by molar-refractivity contribution is 14.0. The van der Waals surface area contributed by atoms with Crippen LogP contribution in [0, 0.1) is 0 Å². The minimum Gasteiger partial charge on any atom is -0.357 e. The van der Waals surface area contributed by atoms with Crippen LogP contribution in [0.15, 0.2) is 15.2 Å². The van der Waals surface area contributed by atoms with Gasteiger partial charge in [0.2, 0.25) is 0 Å². The maximum Gasteiger partial charge on any atom is 0.434 e. The summed E-state index contributed by atoms with van der Waals surface area (Å²) in [7, 11) is 0. The number of halogens is 4. The van der Waals surface area contributed by atoms with Gasteiger partial charge in [-0.15, -0.1) is 35.3 Å². The molecule has 3 heterocycles. The second-order valence-corrected chi connectivity index (χ2v) is 7.89. The number of thiazole rings is 1. The van der Waals surface area contributed by atoms with Crippen molar-refractivity contribution in [3.63, 3.8) is 0 Å². The Hall–Kier alpha value is -1.64. The summed E-state index contributed by atoms with van der Waals surface area (Å²) in [5, 5.41) is 12.1. The second kappa shape index (κ2) is 11.8. The van der Waals surface area contributed by atoms with Crippen LogP contribution < -0.4 is 16.3 Å². The van der Waals surface area contributed by atoms with Crippen molar-refractivity contribution in [1.29, 1.82) is 0 Å². The average molecular weight is 573 g/mol. The fraction of sp³-hybridized carbons (Fsp3) is 0.667. The normalized spacial score (nSPS) is 14.1. The highest BCUT2D eigenvalue weighted by Crippen LogP contribution is 2.29. The Bertz CT molecular complexity index is 922. The number of fused-ring (bicyclic) bond motifs is 1. The summed E-state index contributed by atoms with van der Waals surface area (Å²) in [6.07, 6.45) is -0.446. The van der Waals surface area contributed by atoms with Crippen LogP contribution in [0.4, 0.5) is 13.2 Å². The first-order valence-electron chi connectivity index (χ1n) is 10.1. The zero-order valence-corrected chi connectivity index (χ0v) is 20.4. The van der Waals surface area contributed by atoms with Crippen molar-refractivity contribution in [3.05, 3.63) is 32.4 Å². The van der Waals surface area contributed by atoms with E-state index >= 15 is 0 Å². The molecule has 31 heavy (non-hydrogen) atoms. The van der Waals surface area contributed by atoms with E-state index in [1.165, 1.54) is 4.68 Å². The second-order valence-electron chi connectivity index (χ2n) is 6.95. The van der Waals surface area contributed by atoms with Crippen molar-refractivity contribution in [2.45, 2.75) is 58.3 Å². The Labute approximate surface area is 199 Å². The monoisotopic (exact) mass is 573 g/mol. The predicted octanol–water partition coefficient (Wildman–Crippen LogP) is 2.66. The van der Waals surface area contributed by atoms with Crippen molar-refractivity contribution in [1.82, 2.24) is 30.0 Å². The SMILES string of the molecule is CCNC(=NCCCn1nc2n(c1=O)CCCC2)NCCc1nc(C(F)(F)F)cs1.I. The molecule has 0 amide bonds. The van der Waals surface area contributed by atoms with Crippen molar-refractivity contribution in [2.24, 2.45) is 4.99 Å². The molecule has 13 heteroatoms. The lowest BCUT2D eigenvalue weighted by molar-refractivity contribution is -0.140. The van der Waals surface area contributed by atoms with Crippen LogP contribution >= 0.6 is 35.3 Å². The van der Waals surface area contributed by atoms with E-state index in [-0.39, 0.29) is 29.7 Å². The summed E-state index contributed by atoms with van der Waals surface area (Å²) in [5.41, 5.74) is -0.903. The Balaban J connectivity index is 0.00000341. The van der Waals surface area contributed by atoms with Crippen molar-refractivity contribution in [2.75, 3.05) is 19.6 Å². The minimum absolute atomic E-state index is 0. The third-order valence-corrected chi connectivity index (χ3v) is 5.56. The fourth-order valence-corrected chi connectivity index (χ4v) is 4.00. The van der Waals surface area contributed by atoms with Gasteiger partial charge in [-0.25, -0.2) is 14.5 Å². The molecule has 0 fully saturated rings. The Morgan fingerprint density at radius 2 is 2.13 bits per heavy atom. The fourth-order valence-electron chi connectivity index (χ4n) is 3.19. The van der Waals surface area contributed by atoms with Gasteiger partial charge in [-0.1, -0.05) is 0 Å². The topological polar surface area (TPSA) is 89.1 Å². The standard InChI is InChI=1S/C18H26F3N7OS.HI/c1-2-22-16(24-9-7-15-25-13(12-30-15)18(19,20)21)23-8-5-11-28-17(29)27-10-4-3-6-14(27)26-28;/h12H,2-11H2,1H3,(H2,22,23,24);1H. The van der Waals surface area contributed by atoms with Crippen molar-refractivity contribution >= 4 is 41.3 Å². The third-order valence-electron chi connectivity index (χ3n) is 4.65. The molecular formula is C18H27F3IN7OS. The lowest BCUT2D eigenvalue weighted by atomic mass is 10.2. The highest BCUT2D eigenvalue weighted by Gasteiger charge is 2.33. The van der Waals surface area contributed by atoms with Crippen LogP contribution in [-0.2, 0) is 32.1 Å². The van der Waals surface area contributed by atoms with Gasteiger partial charge in [-0.05, 0) is 26.2 Å². The number of hydrogen-bond donors (Lipinski definition) is 2.